The van der Waals surface area contributed by atoms with E-state index in [4.69, 9.17) is 4.74 Å². The summed E-state index contributed by atoms with van der Waals surface area (Å²) in [6.45, 7) is 2.69. The molecule has 0 N–H and O–H groups in total. The van der Waals surface area contributed by atoms with Gasteiger partial charge in [-0.3, -0.25) is 4.79 Å². The SMILES string of the molecule is O=C(C1c2ccccc2Oc2ccccc21)N1CCN(c2ccc(-c3ccc4ccccc4c3)nn2)CC1. The van der Waals surface area contributed by atoms with Gasteiger partial charge in [0.2, 0.25) is 5.91 Å². The van der Waals surface area contributed by atoms with Gasteiger partial charge in [0.05, 0.1) is 11.6 Å². The molecule has 0 radical (unpaired) electrons. The predicted molar refractivity (Wildman–Crippen MR) is 149 cm³/mol. The molecule has 1 fully saturated rings. The Hall–Kier alpha value is -4.71. The number of ether oxygens (including phenoxy) is 1. The van der Waals surface area contributed by atoms with Gasteiger partial charge in [-0.25, -0.2) is 0 Å². The van der Waals surface area contributed by atoms with Crippen LogP contribution in [0, 0.1) is 0 Å². The number of carbonyl (C=O) groups is 1. The number of hydrogen-bond donors (Lipinski definition) is 0. The average Bonchev–Trinajstić information content (AvgIpc) is 2.99. The van der Waals surface area contributed by atoms with E-state index in [0.717, 1.165) is 39.7 Å². The highest BCUT2D eigenvalue weighted by molar-refractivity contribution is 5.90. The third-order valence-corrected chi connectivity index (χ3v) is 7.54. The quantitative estimate of drug-likeness (QED) is 0.311. The van der Waals surface area contributed by atoms with Crippen LogP contribution in [0.3, 0.4) is 0 Å². The summed E-state index contributed by atoms with van der Waals surface area (Å²) in [5, 5.41) is 11.5. The summed E-state index contributed by atoms with van der Waals surface area (Å²) in [4.78, 5) is 18.0. The summed E-state index contributed by atoms with van der Waals surface area (Å²) in [7, 11) is 0. The van der Waals surface area contributed by atoms with Gasteiger partial charge in [-0.15, -0.1) is 10.2 Å². The zero-order valence-corrected chi connectivity index (χ0v) is 20.8. The van der Waals surface area contributed by atoms with Crippen molar-refractivity contribution in [2.75, 3.05) is 31.1 Å². The van der Waals surface area contributed by atoms with E-state index in [1.165, 1.54) is 10.8 Å². The van der Waals surface area contributed by atoms with E-state index in [1.54, 1.807) is 0 Å². The smallest absolute Gasteiger partial charge is 0.234 e. The van der Waals surface area contributed by atoms with Gasteiger partial charge in [0.15, 0.2) is 5.82 Å². The Kier molecular flexibility index (Phi) is 5.51. The van der Waals surface area contributed by atoms with Crippen LogP contribution in [-0.4, -0.2) is 47.2 Å². The molecule has 0 atom stereocenters. The third-order valence-electron chi connectivity index (χ3n) is 7.54. The van der Waals surface area contributed by atoms with E-state index >= 15 is 0 Å². The molecular formula is C32H26N4O2. The Balaban J connectivity index is 1.07. The van der Waals surface area contributed by atoms with E-state index in [-0.39, 0.29) is 11.8 Å². The lowest BCUT2D eigenvalue weighted by Gasteiger charge is -2.38. The maximum atomic E-state index is 13.8. The van der Waals surface area contributed by atoms with Crippen LogP contribution < -0.4 is 9.64 Å². The molecule has 186 valence electrons. The Morgan fingerprint density at radius 2 is 1.34 bits per heavy atom. The number of carbonyl (C=O) groups excluding carboxylic acids is 1. The summed E-state index contributed by atoms with van der Waals surface area (Å²) < 4.78 is 6.09. The fourth-order valence-corrected chi connectivity index (χ4v) is 5.51. The predicted octanol–water partition coefficient (Wildman–Crippen LogP) is 5.88. The van der Waals surface area contributed by atoms with Crippen LogP contribution >= 0.6 is 0 Å². The first-order valence-electron chi connectivity index (χ1n) is 13.0. The molecule has 4 aromatic carbocycles. The first kappa shape index (κ1) is 22.5. The summed E-state index contributed by atoms with van der Waals surface area (Å²) in [5.41, 5.74) is 3.75. The first-order chi connectivity index (χ1) is 18.7. The Morgan fingerprint density at radius 1 is 0.684 bits per heavy atom. The van der Waals surface area contributed by atoms with Gasteiger partial charge in [0.1, 0.15) is 11.5 Å². The number of nitrogens with zero attached hydrogens (tertiary/aromatic N) is 4. The lowest BCUT2D eigenvalue weighted by atomic mass is 9.86. The van der Waals surface area contributed by atoms with Crippen LogP contribution in [0.5, 0.6) is 11.5 Å². The minimum Gasteiger partial charge on any atom is -0.457 e. The lowest BCUT2D eigenvalue weighted by molar-refractivity contribution is -0.132. The molecule has 0 aliphatic carbocycles. The summed E-state index contributed by atoms with van der Waals surface area (Å²) >= 11 is 0. The number of piperazine rings is 1. The molecule has 2 aliphatic heterocycles. The number of benzene rings is 4. The number of para-hydroxylation sites is 2. The zero-order valence-electron chi connectivity index (χ0n) is 20.8. The van der Waals surface area contributed by atoms with Gasteiger partial charge >= 0.3 is 0 Å². The van der Waals surface area contributed by atoms with Gasteiger partial charge in [0.25, 0.3) is 0 Å². The molecule has 0 bridgehead atoms. The highest BCUT2D eigenvalue weighted by atomic mass is 16.5. The second-order valence-electron chi connectivity index (χ2n) is 9.76. The van der Waals surface area contributed by atoms with Crippen molar-refractivity contribution < 1.29 is 9.53 Å². The molecule has 1 amide bonds. The molecule has 0 spiro atoms. The van der Waals surface area contributed by atoms with Crippen molar-refractivity contribution in [3.05, 3.63) is 114 Å². The van der Waals surface area contributed by atoms with Crippen LogP contribution in [0.15, 0.2) is 103 Å². The fourth-order valence-electron chi connectivity index (χ4n) is 5.51. The topological polar surface area (TPSA) is 58.6 Å². The molecule has 38 heavy (non-hydrogen) atoms. The van der Waals surface area contributed by atoms with Gasteiger partial charge in [-0.05, 0) is 41.1 Å². The van der Waals surface area contributed by atoms with E-state index in [9.17, 15) is 4.79 Å². The van der Waals surface area contributed by atoms with E-state index in [0.29, 0.717) is 26.2 Å². The number of aromatic nitrogens is 2. The van der Waals surface area contributed by atoms with Crippen LogP contribution in [0.4, 0.5) is 5.82 Å². The standard InChI is InChI=1S/C32H26N4O2/c37-32(31-25-9-3-5-11-28(25)38-29-12-6-4-10-26(29)31)36-19-17-35(18-20-36)30-16-15-27(33-34-30)24-14-13-22-7-1-2-8-23(22)21-24/h1-16,21,31H,17-20H2. The summed E-state index contributed by atoms with van der Waals surface area (Å²) in [6, 6.07) is 34.4. The number of rotatable bonds is 3. The van der Waals surface area contributed by atoms with Crippen LogP contribution in [-0.2, 0) is 4.79 Å². The maximum Gasteiger partial charge on any atom is 0.234 e. The van der Waals surface area contributed by atoms with Gasteiger partial charge in [-0.2, -0.15) is 0 Å². The first-order valence-corrected chi connectivity index (χ1v) is 13.0. The Morgan fingerprint density at radius 3 is 2.03 bits per heavy atom. The molecule has 0 saturated carbocycles. The highest BCUT2D eigenvalue weighted by Crippen LogP contribution is 2.44. The normalized spacial score (nSPS) is 15.1. The molecule has 0 unspecified atom stereocenters. The van der Waals surface area contributed by atoms with Crippen molar-refractivity contribution in [1.82, 2.24) is 15.1 Å². The zero-order chi connectivity index (χ0) is 25.5. The second-order valence-corrected chi connectivity index (χ2v) is 9.76. The Bertz CT molecular complexity index is 1600. The van der Waals surface area contributed by atoms with E-state index in [2.05, 4.69) is 45.4 Å². The van der Waals surface area contributed by atoms with Crippen LogP contribution in [0.25, 0.3) is 22.0 Å². The van der Waals surface area contributed by atoms with Gasteiger partial charge < -0.3 is 14.5 Å². The number of fused-ring (bicyclic) bond motifs is 3. The average molecular weight is 499 g/mol. The molecule has 1 saturated heterocycles. The lowest BCUT2D eigenvalue weighted by Crippen LogP contribution is -2.50. The molecule has 6 nitrogen and oxygen atoms in total. The number of anilines is 1. The fraction of sp³-hybridized carbons (Fsp3) is 0.156. The third kappa shape index (κ3) is 3.95. The Labute approximate surface area is 221 Å². The number of hydrogen-bond acceptors (Lipinski definition) is 5. The summed E-state index contributed by atoms with van der Waals surface area (Å²) in [6.07, 6.45) is 0. The minimum atomic E-state index is -0.358. The van der Waals surface area contributed by atoms with Crippen LogP contribution in [0.2, 0.25) is 0 Å². The molecule has 1 aromatic heterocycles. The van der Waals surface area contributed by atoms with Crippen molar-refractivity contribution in [3.63, 3.8) is 0 Å². The van der Waals surface area contributed by atoms with Crippen LogP contribution in [0.1, 0.15) is 17.0 Å². The van der Waals surface area contributed by atoms with E-state index in [1.807, 2.05) is 77.7 Å². The molecular weight excluding hydrogens is 472 g/mol. The largest absolute Gasteiger partial charge is 0.457 e. The van der Waals surface area contributed by atoms with Gasteiger partial charge in [0, 0.05) is 42.9 Å². The highest BCUT2D eigenvalue weighted by Gasteiger charge is 2.36. The van der Waals surface area contributed by atoms with Crippen molar-refractivity contribution in [2.24, 2.45) is 0 Å². The summed E-state index contributed by atoms with van der Waals surface area (Å²) in [5.74, 6) is 2.10. The van der Waals surface area contributed by atoms with Gasteiger partial charge in [-0.1, -0.05) is 72.8 Å². The molecule has 5 aromatic rings. The van der Waals surface area contributed by atoms with E-state index < -0.39 is 0 Å². The molecule has 6 heteroatoms. The van der Waals surface area contributed by atoms with Crippen molar-refractivity contribution >= 4 is 22.5 Å². The second kappa shape index (κ2) is 9.30. The van der Waals surface area contributed by atoms with Crippen molar-refractivity contribution in [3.8, 4) is 22.8 Å². The monoisotopic (exact) mass is 498 g/mol. The molecule has 7 rings (SSSR count). The van der Waals surface area contributed by atoms with Crippen molar-refractivity contribution in [2.45, 2.75) is 5.92 Å². The maximum absolute atomic E-state index is 13.8. The molecule has 2 aliphatic rings. The van der Waals surface area contributed by atoms with Crippen molar-refractivity contribution in [1.29, 1.82) is 0 Å². The number of amides is 1. The minimum absolute atomic E-state index is 0.116. The molecule has 3 heterocycles.